The average molecular weight is 494 g/mol. The highest BCUT2D eigenvalue weighted by atomic mass is 127. The molecule has 0 aliphatic rings. The molecule has 27 heavy (non-hydrogen) atoms. The van der Waals surface area contributed by atoms with Crippen LogP contribution in [0.25, 0.3) is 0 Å². The van der Waals surface area contributed by atoms with Crippen LogP contribution in [0.5, 0.6) is 11.5 Å². The summed E-state index contributed by atoms with van der Waals surface area (Å²) in [6.07, 6.45) is 0.844. The normalized spacial score (nSPS) is 11.0. The molecule has 0 fully saturated rings. The molecule has 0 radical (unpaired) electrons. The second-order valence-corrected chi connectivity index (χ2v) is 7.11. The summed E-state index contributed by atoms with van der Waals surface area (Å²) in [6, 6.07) is 17.3. The number of nitrogens with two attached hydrogens (primary N) is 1. The fourth-order valence-electron chi connectivity index (χ4n) is 2.53. The molecule has 3 rings (SSSR count). The second kappa shape index (κ2) is 10.3. The number of aliphatic imine (C=N–C) groups is 1. The Bertz CT molecular complexity index is 896. The third-order valence-corrected chi connectivity index (χ3v) is 4.84. The molecule has 0 spiro atoms. The lowest BCUT2D eigenvalue weighted by Crippen LogP contribution is -2.23. The van der Waals surface area contributed by atoms with Crippen molar-refractivity contribution in [3.8, 4) is 11.5 Å². The number of aryl methyl sites for hydroxylation is 2. The van der Waals surface area contributed by atoms with Crippen LogP contribution in [0.15, 0.2) is 59.6 Å². The van der Waals surface area contributed by atoms with E-state index in [1.807, 2.05) is 68.4 Å². The highest BCUT2D eigenvalue weighted by molar-refractivity contribution is 14.0. The van der Waals surface area contributed by atoms with Gasteiger partial charge in [-0.3, -0.25) is 4.99 Å². The highest BCUT2D eigenvalue weighted by Crippen LogP contribution is 2.23. The van der Waals surface area contributed by atoms with Gasteiger partial charge in [0.25, 0.3) is 0 Å². The van der Waals surface area contributed by atoms with Gasteiger partial charge in [0.1, 0.15) is 11.5 Å². The molecular weight excluding hydrogens is 471 g/mol. The fraction of sp³-hybridized carbons (Fsp3) is 0.200. The van der Waals surface area contributed by atoms with Crippen LogP contribution in [0, 0.1) is 13.8 Å². The van der Waals surface area contributed by atoms with Gasteiger partial charge in [0.2, 0.25) is 0 Å². The number of rotatable bonds is 6. The number of aromatic nitrogens is 1. The zero-order chi connectivity index (χ0) is 18.4. The lowest BCUT2D eigenvalue weighted by molar-refractivity contribution is 0.483. The maximum absolute atomic E-state index is 6.00. The molecule has 0 amide bonds. The van der Waals surface area contributed by atoms with Crippen LogP contribution >= 0.6 is 35.3 Å². The number of hydrogen-bond acceptors (Lipinski definition) is 4. The monoisotopic (exact) mass is 494 g/mol. The molecular formula is C20H23IN4OS. The zero-order valence-corrected chi connectivity index (χ0v) is 18.5. The minimum absolute atomic E-state index is 0. The summed E-state index contributed by atoms with van der Waals surface area (Å²) >= 11 is 1.71. The van der Waals surface area contributed by atoms with Crippen LogP contribution in [0.2, 0.25) is 0 Å². The molecule has 0 aliphatic carbocycles. The topological polar surface area (TPSA) is 72.5 Å². The third-order valence-electron chi connectivity index (χ3n) is 3.71. The van der Waals surface area contributed by atoms with Crippen molar-refractivity contribution >= 4 is 47.0 Å². The molecule has 2 aromatic carbocycles. The Balaban J connectivity index is 0.00000261. The molecule has 0 saturated heterocycles. The van der Waals surface area contributed by atoms with Crippen LogP contribution in [-0.2, 0) is 6.42 Å². The Morgan fingerprint density at radius 2 is 1.85 bits per heavy atom. The SMILES string of the molecule is Cc1nc(C)c(CCN=C(N)Nc2cccc(Oc3ccccc3)c2)s1.I. The van der Waals surface area contributed by atoms with Crippen molar-refractivity contribution in [1.29, 1.82) is 0 Å². The van der Waals surface area contributed by atoms with Crippen molar-refractivity contribution in [3.05, 3.63) is 70.2 Å². The smallest absolute Gasteiger partial charge is 0.193 e. The number of para-hydroxylation sites is 1. The van der Waals surface area contributed by atoms with Crippen molar-refractivity contribution in [3.63, 3.8) is 0 Å². The maximum Gasteiger partial charge on any atom is 0.193 e. The molecule has 3 aromatic rings. The van der Waals surface area contributed by atoms with Crippen molar-refractivity contribution in [2.24, 2.45) is 10.7 Å². The van der Waals surface area contributed by atoms with Gasteiger partial charge in [-0.2, -0.15) is 0 Å². The molecule has 1 aromatic heterocycles. The van der Waals surface area contributed by atoms with E-state index in [2.05, 4.69) is 15.3 Å². The Hall–Kier alpha value is -2.13. The predicted octanol–water partition coefficient (Wildman–Crippen LogP) is 5.14. The van der Waals surface area contributed by atoms with Crippen molar-refractivity contribution in [1.82, 2.24) is 4.98 Å². The number of halogens is 1. The largest absolute Gasteiger partial charge is 0.457 e. The molecule has 0 saturated carbocycles. The zero-order valence-electron chi connectivity index (χ0n) is 15.3. The Morgan fingerprint density at radius 3 is 2.56 bits per heavy atom. The Morgan fingerprint density at radius 1 is 1.11 bits per heavy atom. The summed E-state index contributed by atoms with van der Waals surface area (Å²) in [7, 11) is 0. The lowest BCUT2D eigenvalue weighted by Gasteiger charge is -2.09. The lowest BCUT2D eigenvalue weighted by atomic mass is 10.3. The van der Waals surface area contributed by atoms with Gasteiger partial charge in [-0.15, -0.1) is 35.3 Å². The number of nitrogens with zero attached hydrogens (tertiary/aromatic N) is 2. The van der Waals surface area contributed by atoms with E-state index < -0.39 is 0 Å². The van der Waals surface area contributed by atoms with E-state index in [9.17, 15) is 0 Å². The van der Waals surface area contributed by atoms with E-state index in [0.29, 0.717) is 12.5 Å². The van der Waals surface area contributed by atoms with Crippen LogP contribution in [0.4, 0.5) is 5.69 Å². The number of anilines is 1. The van der Waals surface area contributed by atoms with Crippen LogP contribution < -0.4 is 15.8 Å². The molecule has 3 N–H and O–H groups in total. The molecule has 5 nitrogen and oxygen atoms in total. The predicted molar refractivity (Wildman–Crippen MR) is 124 cm³/mol. The van der Waals surface area contributed by atoms with Gasteiger partial charge < -0.3 is 15.8 Å². The van der Waals surface area contributed by atoms with Crippen LogP contribution in [0.3, 0.4) is 0 Å². The summed E-state index contributed by atoms with van der Waals surface area (Å²) in [6.45, 7) is 4.68. The Labute approximate surface area is 180 Å². The van der Waals surface area contributed by atoms with Crippen LogP contribution in [0.1, 0.15) is 15.6 Å². The molecule has 142 valence electrons. The maximum atomic E-state index is 6.00. The first-order valence-corrected chi connectivity index (χ1v) is 9.24. The molecule has 0 unspecified atom stereocenters. The van der Waals surface area contributed by atoms with Gasteiger partial charge in [-0.1, -0.05) is 24.3 Å². The fourth-order valence-corrected chi connectivity index (χ4v) is 3.46. The van der Waals surface area contributed by atoms with Crippen molar-refractivity contribution < 1.29 is 4.74 Å². The molecule has 0 aliphatic heterocycles. The van der Waals surface area contributed by atoms with Crippen molar-refractivity contribution in [2.75, 3.05) is 11.9 Å². The number of benzene rings is 2. The first-order chi connectivity index (χ1) is 12.6. The van der Waals surface area contributed by atoms with Gasteiger partial charge >= 0.3 is 0 Å². The molecule has 0 atom stereocenters. The summed E-state index contributed by atoms with van der Waals surface area (Å²) < 4.78 is 5.83. The summed E-state index contributed by atoms with van der Waals surface area (Å²) in [5, 5.41) is 4.20. The first-order valence-electron chi connectivity index (χ1n) is 8.43. The second-order valence-electron chi connectivity index (χ2n) is 5.83. The summed E-state index contributed by atoms with van der Waals surface area (Å²) in [4.78, 5) is 10.1. The van der Waals surface area contributed by atoms with E-state index >= 15 is 0 Å². The van der Waals surface area contributed by atoms with E-state index in [-0.39, 0.29) is 24.0 Å². The van der Waals surface area contributed by atoms with Gasteiger partial charge in [0.15, 0.2) is 5.96 Å². The van der Waals surface area contributed by atoms with E-state index in [1.165, 1.54) is 4.88 Å². The van der Waals surface area contributed by atoms with Gasteiger partial charge in [-0.05, 0) is 38.1 Å². The van der Waals surface area contributed by atoms with E-state index in [0.717, 1.165) is 34.3 Å². The first kappa shape index (κ1) is 21.2. The van der Waals surface area contributed by atoms with Crippen LogP contribution in [-0.4, -0.2) is 17.5 Å². The number of guanidine groups is 1. The summed E-state index contributed by atoms with van der Waals surface area (Å²) in [5.74, 6) is 1.92. The minimum Gasteiger partial charge on any atom is -0.457 e. The van der Waals surface area contributed by atoms with E-state index in [1.54, 1.807) is 11.3 Å². The number of ether oxygens (including phenoxy) is 1. The van der Waals surface area contributed by atoms with E-state index in [4.69, 9.17) is 10.5 Å². The number of thiazole rings is 1. The Kier molecular flexibility index (Phi) is 8.05. The standard InChI is InChI=1S/C20H22N4OS.HI/c1-14-19(26-15(2)23-14)11-12-22-20(21)24-16-7-6-10-18(13-16)25-17-8-4-3-5-9-17;/h3-10,13H,11-12H2,1-2H3,(H3,21,22,24);1H. The average Bonchev–Trinajstić information content (AvgIpc) is 2.93. The molecule has 7 heteroatoms. The summed E-state index contributed by atoms with van der Waals surface area (Å²) in [5.41, 5.74) is 7.92. The number of hydrogen-bond donors (Lipinski definition) is 2. The molecule has 0 bridgehead atoms. The minimum atomic E-state index is 0. The third kappa shape index (κ3) is 6.51. The van der Waals surface area contributed by atoms with Gasteiger partial charge in [0.05, 0.1) is 10.7 Å². The quantitative estimate of drug-likeness (QED) is 0.283. The van der Waals surface area contributed by atoms with Gasteiger partial charge in [0, 0.05) is 29.6 Å². The highest BCUT2D eigenvalue weighted by Gasteiger charge is 2.04. The molecule has 1 heterocycles. The number of nitrogens with one attached hydrogen (secondary N) is 1. The van der Waals surface area contributed by atoms with Crippen molar-refractivity contribution in [2.45, 2.75) is 20.3 Å². The van der Waals surface area contributed by atoms with Gasteiger partial charge in [-0.25, -0.2) is 4.98 Å².